The molecule has 1 aromatic heterocycles. The van der Waals surface area contributed by atoms with Gasteiger partial charge < -0.3 is 9.88 Å². The Kier molecular flexibility index (Phi) is 5.06. The summed E-state index contributed by atoms with van der Waals surface area (Å²) >= 11 is 0. The van der Waals surface area contributed by atoms with Crippen molar-refractivity contribution in [1.29, 1.82) is 0 Å². The number of nitrogens with one attached hydrogen (secondary N) is 2. The van der Waals surface area contributed by atoms with Gasteiger partial charge in [-0.1, -0.05) is 24.3 Å². The monoisotopic (exact) mass is 372 g/mol. The summed E-state index contributed by atoms with van der Waals surface area (Å²) in [5.41, 5.74) is 2.56. The van der Waals surface area contributed by atoms with Crippen molar-refractivity contribution in [1.82, 2.24) is 19.6 Å². The molecule has 0 saturated carbocycles. The number of nitrogens with zero attached hydrogens (tertiary/aromatic N) is 2. The maximum absolute atomic E-state index is 12.5. The molecule has 8 heteroatoms. The number of sulfonamides is 1. The summed E-state index contributed by atoms with van der Waals surface area (Å²) in [6.45, 7) is 2.13. The van der Waals surface area contributed by atoms with Crippen LogP contribution in [0.25, 0.3) is 11.0 Å². The smallest absolute Gasteiger partial charge is 0.243 e. The maximum Gasteiger partial charge on any atom is 0.243 e. The molecule has 0 fully saturated rings. The van der Waals surface area contributed by atoms with Crippen molar-refractivity contribution >= 4 is 27.0 Å². The molecule has 2 aromatic carbocycles. The van der Waals surface area contributed by atoms with E-state index in [-0.39, 0.29) is 10.8 Å². The van der Waals surface area contributed by atoms with Crippen LogP contribution in [0.2, 0.25) is 0 Å². The molecule has 0 unspecified atom stereocenters. The normalized spacial score (nSPS) is 12.8. The number of para-hydroxylation sites is 2. The molecule has 7 nitrogen and oxygen atoms in total. The number of amides is 1. The van der Waals surface area contributed by atoms with Crippen LogP contribution in [0.4, 0.5) is 0 Å². The average molecular weight is 372 g/mol. The predicted molar refractivity (Wildman–Crippen MR) is 99.0 cm³/mol. The number of imidazole rings is 1. The van der Waals surface area contributed by atoms with Crippen molar-refractivity contribution in [3.8, 4) is 0 Å². The van der Waals surface area contributed by atoms with Gasteiger partial charge in [-0.05, 0) is 43.8 Å². The van der Waals surface area contributed by atoms with Crippen LogP contribution in [-0.2, 0) is 21.4 Å². The van der Waals surface area contributed by atoms with Crippen LogP contribution < -0.4 is 10.0 Å². The number of hydrogen-bond acceptors (Lipinski definition) is 4. The van der Waals surface area contributed by atoms with Crippen LogP contribution in [0.3, 0.4) is 0 Å². The Morgan fingerprint density at radius 2 is 1.85 bits per heavy atom. The first kappa shape index (κ1) is 18.1. The Balaban J connectivity index is 1.67. The fraction of sp³-hybridized carbons (Fsp3) is 0.222. The Morgan fingerprint density at radius 3 is 2.54 bits per heavy atom. The van der Waals surface area contributed by atoms with Crippen molar-refractivity contribution in [2.45, 2.75) is 24.4 Å². The van der Waals surface area contributed by atoms with Gasteiger partial charge in [0.15, 0.2) is 0 Å². The maximum atomic E-state index is 12.5. The average Bonchev–Trinajstić information content (AvgIpc) is 3.10. The van der Waals surface area contributed by atoms with E-state index >= 15 is 0 Å². The summed E-state index contributed by atoms with van der Waals surface area (Å²) in [4.78, 5) is 17.0. The van der Waals surface area contributed by atoms with E-state index in [1.165, 1.54) is 19.2 Å². The van der Waals surface area contributed by atoms with Gasteiger partial charge in [0.2, 0.25) is 15.9 Å². The van der Waals surface area contributed by atoms with Gasteiger partial charge in [0, 0.05) is 6.54 Å². The molecule has 0 saturated heterocycles. The number of carbonyl (C=O) groups is 1. The van der Waals surface area contributed by atoms with E-state index in [0.29, 0.717) is 6.54 Å². The minimum Gasteiger partial charge on any atom is -0.350 e. The first-order valence-electron chi connectivity index (χ1n) is 8.14. The lowest BCUT2D eigenvalue weighted by atomic mass is 10.2. The van der Waals surface area contributed by atoms with E-state index in [1.807, 2.05) is 35.8 Å². The zero-order valence-electron chi connectivity index (χ0n) is 14.5. The Labute approximate surface area is 152 Å². The van der Waals surface area contributed by atoms with E-state index in [9.17, 15) is 13.2 Å². The molecule has 136 valence electrons. The molecular weight excluding hydrogens is 352 g/mol. The van der Waals surface area contributed by atoms with Gasteiger partial charge in [-0.15, -0.1) is 0 Å². The lowest BCUT2D eigenvalue weighted by molar-refractivity contribution is -0.123. The highest BCUT2D eigenvalue weighted by Crippen LogP contribution is 2.17. The van der Waals surface area contributed by atoms with Crippen molar-refractivity contribution in [2.75, 3.05) is 7.05 Å². The molecule has 0 bridgehead atoms. The van der Waals surface area contributed by atoms with Gasteiger partial charge in [0.05, 0.1) is 22.3 Å². The van der Waals surface area contributed by atoms with Crippen LogP contribution in [-0.4, -0.2) is 30.9 Å². The van der Waals surface area contributed by atoms with Crippen LogP contribution in [0, 0.1) is 0 Å². The highest BCUT2D eigenvalue weighted by molar-refractivity contribution is 7.89. The largest absolute Gasteiger partial charge is 0.350 e. The quantitative estimate of drug-likeness (QED) is 0.690. The minimum atomic E-state index is -3.46. The molecule has 1 amide bonds. The Morgan fingerprint density at radius 1 is 1.15 bits per heavy atom. The SMILES string of the molecule is CNS(=O)(=O)c1ccc(CNC(=O)[C@@H](C)n2cnc3ccccc32)cc1. The number of aromatic nitrogens is 2. The molecule has 0 aliphatic heterocycles. The summed E-state index contributed by atoms with van der Waals surface area (Å²) < 4.78 is 27.5. The molecule has 0 radical (unpaired) electrons. The van der Waals surface area contributed by atoms with Crippen molar-refractivity contribution < 1.29 is 13.2 Å². The molecule has 3 rings (SSSR count). The van der Waals surface area contributed by atoms with E-state index in [2.05, 4.69) is 15.0 Å². The molecule has 1 atom stereocenters. The first-order valence-corrected chi connectivity index (χ1v) is 9.62. The summed E-state index contributed by atoms with van der Waals surface area (Å²) in [7, 11) is -2.09. The van der Waals surface area contributed by atoms with Crippen LogP contribution in [0.5, 0.6) is 0 Å². The molecule has 26 heavy (non-hydrogen) atoms. The molecular formula is C18H20N4O3S. The molecule has 0 aliphatic rings. The van der Waals surface area contributed by atoms with Crippen molar-refractivity contribution in [2.24, 2.45) is 0 Å². The predicted octanol–water partition coefficient (Wildman–Crippen LogP) is 1.82. The fourth-order valence-corrected chi connectivity index (χ4v) is 3.38. The number of fused-ring (bicyclic) bond motifs is 1. The Bertz CT molecular complexity index is 1030. The number of hydrogen-bond donors (Lipinski definition) is 2. The standard InChI is InChI=1S/C18H20N4O3S/c1-13(22-12-21-16-5-3-4-6-17(16)22)18(23)20-11-14-7-9-15(10-8-14)26(24,25)19-2/h3-10,12-13,19H,11H2,1-2H3,(H,20,23)/t13-/m1/s1. The van der Waals surface area contributed by atoms with E-state index in [1.54, 1.807) is 18.5 Å². The molecule has 0 aliphatic carbocycles. The lowest BCUT2D eigenvalue weighted by Crippen LogP contribution is -2.30. The van der Waals surface area contributed by atoms with Crippen LogP contribution in [0.1, 0.15) is 18.5 Å². The van der Waals surface area contributed by atoms with Crippen molar-refractivity contribution in [3.05, 3.63) is 60.4 Å². The molecule has 3 aromatic rings. The first-order chi connectivity index (χ1) is 12.4. The second-order valence-corrected chi connectivity index (χ2v) is 7.77. The highest BCUT2D eigenvalue weighted by Gasteiger charge is 2.17. The Hall–Kier alpha value is -2.71. The zero-order chi connectivity index (χ0) is 18.7. The number of carbonyl (C=O) groups excluding carboxylic acids is 1. The van der Waals surface area contributed by atoms with E-state index in [0.717, 1.165) is 16.6 Å². The third-order valence-electron chi connectivity index (χ3n) is 4.25. The van der Waals surface area contributed by atoms with Gasteiger partial charge in [-0.2, -0.15) is 0 Å². The fourth-order valence-electron chi connectivity index (χ4n) is 2.65. The number of benzene rings is 2. The van der Waals surface area contributed by atoms with E-state index in [4.69, 9.17) is 0 Å². The van der Waals surface area contributed by atoms with Gasteiger partial charge >= 0.3 is 0 Å². The van der Waals surface area contributed by atoms with Gasteiger partial charge in [0.25, 0.3) is 0 Å². The summed E-state index contributed by atoms with van der Waals surface area (Å²) in [6, 6.07) is 13.6. The summed E-state index contributed by atoms with van der Waals surface area (Å²) in [6.07, 6.45) is 1.66. The minimum absolute atomic E-state index is 0.139. The summed E-state index contributed by atoms with van der Waals surface area (Å²) in [5.74, 6) is -0.139. The van der Waals surface area contributed by atoms with E-state index < -0.39 is 16.1 Å². The molecule has 0 spiro atoms. The third-order valence-corrected chi connectivity index (χ3v) is 5.68. The third kappa shape index (κ3) is 3.61. The molecule has 1 heterocycles. The highest BCUT2D eigenvalue weighted by atomic mass is 32.2. The van der Waals surface area contributed by atoms with Gasteiger partial charge in [-0.25, -0.2) is 18.1 Å². The lowest BCUT2D eigenvalue weighted by Gasteiger charge is -2.15. The van der Waals surface area contributed by atoms with Gasteiger partial charge in [0.1, 0.15) is 6.04 Å². The topological polar surface area (TPSA) is 93.1 Å². The van der Waals surface area contributed by atoms with Crippen LogP contribution >= 0.6 is 0 Å². The van der Waals surface area contributed by atoms with Crippen molar-refractivity contribution in [3.63, 3.8) is 0 Å². The van der Waals surface area contributed by atoms with Crippen LogP contribution in [0.15, 0.2) is 59.8 Å². The summed E-state index contributed by atoms with van der Waals surface area (Å²) in [5, 5.41) is 2.87. The zero-order valence-corrected chi connectivity index (χ0v) is 15.3. The van der Waals surface area contributed by atoms with Gasteiger partial charge in [-0.3, -0.25) is 4.79 Å². The second kappa shape index (κ2) is 7.27. The second-order valence-electron chi connectivity index (χ2n) is 5.89. The number of rotatable bonds is 6. The molecule has 2 N–H and O–H groups in total.